The van der Waals surface area contributed by atoms with Crippen molar-refractivity contribution in [2.45, 2.75) is 6.54 Å². The van der Waals surface area contributed by atoms with Crippen molar-refractivity contribution in [3.8, 4) is 0 Å². The molecule has 6 nitrogen and oxygen atoms in total. The highest BCUT2D eigenvalue weighted by Gasteiger charge is 2.11. The molecule has 0 atom stereocenters. The lowest BCUT2D eigenvalue weighted by Gasteiger charge is -1.98. The Kier molecular flexibility index (Phi) is 2.86. The number of methoxy groups -OCH3 is 1. The molecule has 0 aliphatic heterocycles. The van der Waals surface area contributed by atoms with Gasteiger partial charge in [0, 0.05) is 6.07 Å². The standard InChI is InChI=1S/C7H11N3O3/c1-13-7(12)5-4-6(8)10(9-5)2-3-11/h4,11H,2-3,8H2,1H3. The number of hydrogen-bond acceptors (Lipinski definition) is 5. The number of aliphatic hydroxyl groups excluding tert-OH is 1. The zero-order valence-corrected chi connectivity index (χ0v) is 7.23. The maximum Gasteiger partial charge on any atom is 0.358 e. The van der Waals surface area contributed by atoms with Gasteiger partial charge in [-0.3, -0.25) is 0 Å². The lowest BCUT2D eigenvalue weighted by Crippen LogP contribution is -2.09. The van der Waals surface area contributed by atoms with E-state index in [9.17, 15) is 4.79 Å². The van der Waals surface area contributed by atoms with Gasteiger partial charge in [-0.1, -0.05) is 0 Å². The number of aliphatic hydroxyl groups is 1. The molecule has 13 heavy (non-hydrogen) atoms. The molecule has 0 aromatic carbocycles. The number of hydrogen-bond donors (Lipinski definition) is 2. The van der Waals surface area contributed by atoms with Gasteiger partial charge in [-0.05, 0) is 0 Å². The number of esters is 1. The van der Waals surface area contributed by atoms with Crippen LogP contribution in [-0.4, -0.2) is 34.6 Å². The number of ether oxygens (including phenoxy) is 1. The van der Waals surface area contributed by atoms with Crippen molar-refractivity contribution >= 4 is 11.8 Å². The summed E-state index contributed by atoms with van der Waals surface area (Å²) >= 11 is 0. The molecule has 1 rings (SSSR count). The SMILES string of the molecule is COC(=O)c1cc(N)n(CCO)n1. The van der Waals surface area contributed by atoms with Crippen LogP contribution in [0, 0.1) is 0 Å². The first kappa shape index (κ1) is 9.53. The van der Waals surface area contributed by atoms with Gasteiger partial charge in [0.1, 0.15) is 5.82 Å². The lowest BCUT2D eigenvalue weighted by atomic mass is 10.4. The predicted molar refractivity (Wildman–Crippen MR) is 45.1 cm³/mol. The molecule has 1 aromatic heterocycles. The fourth-order valence-electron chi connectivity index (χ4n) is 0.909. The molecule has 1 aromatic rings. The summed E-state index contributed by atoms with van der Waals surface area (Å²) in [5.41, 5.74) is 5.65. The van der Waals surface area contributed by atoms with Gasteiger partial charge in [-0.2, -0.15) is 5.10 Å². The minimum absolute atomic E-state index is 0.0769. The molecular weight excluding hydrogens is 174 g/mol. The highest BCUT2D eigenvalue weighted by atomic mass is 16.5. The van der Waals surface area contributed by atoms with Crippen molar-refractivity contribution in [2.24, 2.45) is 0 Å². The van der Waals surface area contributed by atoms with Crippen molar-refractivity contribution in [3.63, 3.8) is 0 Å². The average molecular weight is 185 g/mol. The van der Waals surface area contributed by atoms with Crippen molar-refractivity contribution in [2.75, 3.05) is 19.5 Å². The van der Waals surface area contributed by atoms with E-state index in [1.165, 1.54) is 17.9 Å². The minimum atomic E-state index is -0.539. The quantitative estimate of drug-likeness (QED) is 0.604. The fraction of sp³-hybridized carbons (Fsp3) is 0.429. The van der Waals surface area contributed by atoms with Gasteiger partial charge in [-0.15, -0.1) is 0 Å². The topological polar surface area (TPSA) is 90.4 Å². The van der Waals surface area contributed by atoms with Crippen molar-refractivity contribution in [1.82, 2.24) is 9.78 Å². The first-order chi connectivity index (χ1) is 6.19. The van der Waals surface area contributed by atoms with Crippen molar-refractivity contribution in [3.05, 3.63) is 11.8 Å². The van der Waals surface area contributed by atoms with E-state index < -0.39 is 5.97 Å². The highest BCUT2D eigenvalue weighted by Crippen LogP contribution is 2.06. The van der Waals surface area contributed by atoms with Gasteiger partial charge in [0.2, 0.25) is 0 Å². The maximum absolute atomic E-state index is 11.0. The number of nitrogens with two attached hydrogens (primary N) is 1. The zero-order valence-electron chi connectivity index (χ0n) is 7.23. The maximum atomic E-state index is 11.0. The molecule has 0 fully saturated rings. The van der Waals surface area contributed by atoms with Gasteiger partial charge in [0.25, 0.3) is 0 Å². The number of nitrogen functional groups attached to an aromatic ring is 1. The predicted octanol–water partition coefficient (Wildman–Crippen LogP) is -0.756. The van der Waals surface area contributed by atoms with Gasteiger partial charge in [0.05, 0.1) is 20.3 Å². The van der Waals surface area contributed by atoms with Crippen LogP contribution in [0.4, 0.5) is 5.82 Å². The van der Waals surface area contributed by atoms with E-state index in [-0.39, 0.29) is 18.8 Å². The smallest absolute Gasteiger partial charge is 0.358 e. The fourth-order valence-corrected chi connectivity index (χ4v) is 0.909. The summed E-state index contributed by atoms with van der Waals surface area (Å²) in [6.07, 6.45) is 0. The van der Waals surface area contributed by atoms with E-state index in [1.54, 1.807) is 0 Å². The van der Waals surface area contributed by atoms with Crippen LogP contribution in [0.15, 0.2) is 6.07 Å². The third-order valence-electron chi connectivity index (χ3n) is 1.52. The lowest BCUT2D eigenvalue weighted by molar-refractivity contribution is 0.0592. The first-order valence-corrected chi connectivity index (χ1v) is 3.71. The number of aromatic nitrogens is 2. The second kappa shape index (κ2) is 3.90. The molecular formula is C7H11N3O3. The summed E-state index contributed by atoms with van der Waals surface area (Å²) in [5, 5.41) is 12.4. The zero-order chi connectivity index (χ0) is 9.84. The molecule has 0 saturated heterocycles. The van der Waals surface area contributed by atoms with Gasteiger partial charge in [-0.25, -0.2) is 9.48 Å². The Labute approximate surface area is 74.9 Å². The monoisotopic (exact) mass is 185 g/mol. The van der Waals surface area contributed by atoms with Crippen molar-refractivity contribution in [1.29, 1.82) is 0 Å². The summed E-state index contributed by atoms with van der Waals surface area (Å²) < 4.78 is 5.79. The van der Waals surface area contributed by atoms with Crippen LogP contribution in [0.25, 0.3) is 0 Å². The molecule has 0 aliphatic carbocycles. The summed E-state index contributed by atoms with van der Waals surface area (Å²) in [4.78, 5) is 11.0. The second-order valence-electron chi connectivity index (χ2n) is 2.39. The summed E-state index contributed by atoms with van der Waals surface area (Å²) in [6.45, 7) is 0.190. The van der Waals surface area contributed by atoms with E-state index in [0.717, 1.165) is 0 Å². The molecule has 0 unspecified atom stereocenters. The van der Waals surface area contributed by atoms with E-state index in [1.807, 2.05) is 0 Å². The molecule has 6 heteroatoms. The Hall–Kier alpha value is -1.56. The number of carbonyl (C=O) groups is 1. The van der Waals surface area contributed by atoms with Gasteiger partial charge >= 0.3 is 5.97 Å². The van der Waals surface area contributed by atoms with Gasteiger partial charge < -0.3 is 15.6 Å². The van der Waals surface area contributed by atoms with Crippen LogP contribution < -0.4 is 5.73 Å². The number of nitrogens with zero attached hydrogens (tertiary/aromatic N) is 2. The molecule has 0 aliphatic rings. The van der Waals surface area contributed by atoms with Crippen LogP contribution in [0.3, 0.4) is 0 Å². The Bertz CT molecular complexity index is 308. The highest BCUT2D eigenvalue weighted by molar-refractivity contribution is 5.87. The summed E-state index contributed by atoms with van der Waals surface area (Å²) in [6, 6.07) is 1.40. The van der Waals surface area contributed by atoms with Gasteiger partial charge in [0.15, 0.2) is 5.69 Å². The van der Waals surface area contributed by atoms with Crippen LogP contribution in [0.5, 0.6) is 0 Å². The number of carbonyl (C=O) groups excluding carboxylic acids is 1. The van der Waals surface area contributed by atoms with E-state index in [2.05, 4.69) is 9.84 Å². The van der Waals surface area contributed by atoms with Crippen LogP contribution in [0.2, 0.25) is 0 Å². The van der Waals surface area contributed by atoms with Crippen LogP contribution in [0.1, 0.15) is 10.5 Å². The number of anilines is 1. The summed E-state index contributed by atoms with van der Waals surface area (Å²) in [5.74, 6) is -0.210. The molecule has 72 valence electrons. The Morgan fingerprint density at radius 1 is 1.85 bits per heavy atom. The first-order valence-electron chi connectivity index (χ1n) is 3.71. The van der Waals surface area contributed by atoms with Crippen LogP contribution in [-0.2, 0) is 11.3 Å². The second-order valence-corrected chi connectivity index (χ2v) is 2.39. The van der Waals surface area contributed by atoms with Crippen molar-refractivity contribution < 1.29 is 14.6 Å². The molecule has 0 saturated carbocycles. The Morgan fingerprint density at radius 3 is 3.08 bits per heavy atom. The number of rotatable bonds is 3. The van der Waals surface area contributed by atoms with E-state index >= 15 is 0 Å². The normalized spacial score (nSPS) is 10.0. The Balaban J connectivity index is 2.88. The Morgan fingerprint density at radius 2 is 2.54 bits per heavy atom. The molecule has 1 heterocycles. The molecule has 0 spiro atoms. The largest absolute Gasteiger partial charge is 0.464 e. The molecule has 0 amide bonds. The molecule has 0 radical (unpaired) electrons. The van der Waals surface area contributed by atoms with E-state index in [4.69, 9.17) is 10.8 Å². The molecule has 3 N–H and O–H groups in total. The molecule has 0 bridgehead atoms. The average Bonchev–Trinajstić information content (AvgIpc) is 2.47. The third-order valence-corrected chi connectivity index (χ3v) is 1.52. The van der Waals surface area contributed by atoms with E-state index in [0.29, 0.717) is 5.82 Å². The summed E-state index contributed by atoms with van der Waals surface area (Å²) in [7, 11) is 1.27. The third kappa shape index (κ3) is 1.97. The minimum Gasteiger partial charge on any atom is -0.464 e. The van der Waals surface area contributed by atoms with Crippen LogP contribution >= 0.6 is 0 Å².